The monoisotopic (exact) mass is 743 g/mol. The van der Waals surface area contributed by atoms with Gasteiger partial charge in [0.1, 0.15) is 0 Å². The van der Waals surface area contributed by atoms with Crippen LogP contribution in [0.4, 0.5) is 17.1 Å². The van der Waals surface area contributed by atoms with Crippen molar-refractivity contribution in [3.05, 3.63) is 235 Å². The summed E-state index contributed by atoms with van der Waals surface area (Å²) in [5, 5.41) is 8.19. The van der Waals surface area contributed by atoms with E-state index in [0.717, 1.165) is 11.4 Å². The number of anilines is 3. The average molecular weight is 744 g/mol. The first kappa shape index (κ1) is 33.6. The second kappa shape index (κ2) is 12.9. The van der Waals surface area contributed by atoms with E-state index in [0.29, 0.717) is 0 Å². The van der Waals surface area contributed by atoms with Crippen LogP contribution in [0.25, 0.3) is 33.0 Å². The van der Waals surface area contributed by atoms with Gasteiger partial charge in [-0.25, -0.2) is 0 Å². The Bertz CT molecular complexity index is 2960. The molecule has 2 heteroatoms. The first-order valence-corrected chi connectivity index (χ1v) is 22.0. The zero-order valence-corrected chi connectivity index (χ0v) is 33.2. The standard InChI is InChI=1S/C55H41NSi/c1-38-33-44(36-46(34-38)57(45-21-7-4-8-22-45)53-27-15-12-24-49(53)50-25-13-16-28-54(50)57)56(42-30-29-39-17-9-10-18-40(39)35-42)43-31-32-48-47-23-11-14-26-51(47)55(2,52(48)37-43)41-19-5-3-6-20-41/h3-37H,1-2H3. The summed E-state index contributed by atoms with van der Waals surface area (Å²) in [6.45, 7) is 4.68. The van der Waals surface area contributed by atoms with Crippen LogP contribution < -0.4 is 25.6 Å². The molecule has 1 aliphatic heterocycles. The molecule has 9 aromatic rings. The van der Waals surface area contributed by atoms with Crippen LogP contribution in [0.2, 0.25) is 0 Å². The molecule has 0 radical (unpaired) electrons. The molecule has 0 saturated heterocycles. The van der Waals surface area contributed by atoms with E-state index in [-0.39, 0.29) is 5.41 Å². The van der Waals surface area contributed by atoms with Crippen LogP contribution >= 0.6 is 0 Å². The fraction of sp³-hybridized carbons (Fsp3) is 0.0545. The number of nitrogens with zero attached hydrogens (tertiary/aromatic N) is 1. The van der Waals surface area contributed by atoms with Gasteiger partial charge in [-0.3, -0.25) is 0 Å². The highest BCUT2D eigenvalue weighted by Crippen LogP contribution is 2.54. The Morgan fingerprint density at radius 3 is 1.68 bits per heavy atom. The summed E-state index contributed by atoms with van der Waals surface area (Å²) in [5.74, 6) is 0. The van der Waals surface area contributed by atoms with Gasteiger partial charge >= 0.3 is 0 Å². The lowest BCUT2D eigenvalue weighted by Crippen LogP contribution is -2.72. The Hall–Kier alpha value is -6.74. The highest BCUT2D eigenvalue weighted by Gasteiger charge is 2.49. The van der Waals surface area contributed by atoms with Gasteiger partial charge in [0.25, 0.3) is 0 Å². The summed E-state index contributed by atoms with van der Waals surface area (Å²) in [5.41, 5.74) is 13.7. The second-order valence-corrected chi connectivity index (χ2v) is 19.6. The Kier molecular flexibility index (Phi) is 7.61. The van der Waals surface area contributed by atoms with Gasteiger partial charge in [-0.05, 0) is 126 Å². The van der Waals surface area contributed by atoms with Gasteiger partial charge in [0, 0.05) is 22.5 Å². The number of fused-ring (bicyclic) bond motifs is 7. The molecule has 0 N–H and O–H groups in total. The predicted molar refractivity (Wildman–Crippen MR) is 243 cm³/mol. The van der Waals surface area contributed by atoms with Crippen LogP contribution in [0.5, 0.6) is 0 Å². The fourth-order valence-electron chi connectivity index (χ4n) is 10.3. The van der Waals surface area contributed by atoms with E-state index in [1.807, 2.05) is 0 Å². The van der Waals surface area contributed by atoms with Crippen molar-refractivity contribution in [2.45, 2.75) is 19.3 Å². The third-order valence-corrected chi connectivity index (χ3v) is 17.7. The third-order valence-electron chi connectivity index (χ3n) is 12.8. The molecule has 1 aliphatic carbocycles. The van der Waals surface area contributed by atoms with Crippen LogP contribution in [0, 0.1) is 6.92 Å². The molecule has 0 saturated carbocycles. The number of hydrogen-bond acceptors (Lipinski definition) is 1. The molecule has 0 amide bonds. The summed E-state index contributed by atoms with van der Waals surface area (Å²) < 4.78 is 0. The highest BCUT2D eigenvalue weighted by molar-refractivity contribution is 7.22. The molecule has 0 bridgehead atoms. The van der Waals surface area contributed by atoms with Gasteiger partial charge < -0.3 is 4.90 Å². The van der Waals surface area contributed by atoms with E-state index in [1.54, 1.807) is 0 Å². The van der Waals surface area contributed by atoms with Gasteiger partial charge in [-0.2, -0.15) is 0 Å². The number of benzene rings is 9. The van der Waals surface area contributed by atoms with E-state index in [1.165, 1.54) is 81.7 Å². The smallest absolute Gasteiger partial charge is 0.180 e. The lowest BCUT2D eigenvalue weighted by molar-refractivity contribution is 0.714. The van der Waals surface area contributed by atoms with E-state index in [4.69, 9.17) is 0 Å². The topological polar surface area (TPSA) is 3.24 Å². The Balaban J connectivity index is 1.19. The van der Waals surface area contributed by atoms with E-state index < -0.39 is 8.07 Å². The maximum absolute atomic E-state index is 2.73. The van der Waals surface area contributed by atoms with E-state index >= 15 is 0 Å². The molecular formula is C55H41NSi. The molecule has 1 heterocycles. The molecule has 57 heavy (non-hydrogen) atoms. The minimum Gasteiger partial charge on any atom is -0.310 e. The molecule has 9 aromatic carbocycles. The molecule has 0 fully saturated rings. The lowest BCUT2D eigenvalue weighted by Gasteiger charge is -2.34. The zero-order chi connectivity index (χ0) is 38.1. The summed E-state index contributed by atoms with van der Waals surface area (Å²) in [4.78, 5) is 2.51. The first-order valence-electron chi connectivity index (χ1n) is 20.0. The number of rotatable bonds is 6. The van der Waals surface area contributed by atoms with Gasteiger partial charge in [0.05, 0.1) is 0 Å². The van der Waals surface area contributed by atoms with Crippen LogP contribution in [0.1, 0.15) is 29.2 Å². The molecule has 270 valence electrons. The van der Waals surface area contributed by atoms with Crippen LogP contribution in [0.15, 0.2) is 212 Å². The Morgan fingerprint density at radius 2 is 0.947 bits per heavy atom. The van der Waals surface area contributed by atoms with Crippen molar-refractivity contribution in [1.82, 2.24) is 0 Å². The largest absolute Gasteiger partial charge is 0.310 e. The Labute approximate surface area is 336 Å². The second-order valence-electron chi connectivity index (χ2n) is 15.9. The lowest BCUT2D eigenvalue weighted by atomic mass is 9.74. The number of hydrogen-bond donors (Lipinski definition) is 0. The maximum Gasteiger partial charge on any atom is 0.180 e. The minimum atomic E-state index is -2.73. The van der Waals surface area contributed by atoms with Crippen LogP contribution in [0.3, 0.4) is 0 Å². The summed E-state index contributed by atoms with van der Waals surface area (Å²) in [7, 11) is -2.73. The van der Waals surface area contributed by atoms with Crippen molar-refractivity contribution < 1.29 is 0 Å². The summed E-state index contributed by atoms with van der Waals surface area (Å²) >= 11 is 0. The van der Waals surface area contributed by atoms with Crippen molar-refractivity contribution in [2.75, 3.05) is 4.90 Å². The van der Waals surface area contributed by atoms with Crippen LogP contribution in [-0.4, -0.2) is 8.07 Å². The fourth-order valence-corrected chi connectivity index (χ4v) is 15.6. The molecule has 0 spiro atoms. The molecule has 1 atom stereocenters. The van der Waals surface area contributed by atoms with Crippen LogP contribution in [-0.2, 0) is 5.41 Å². The summed E-state index contributed by atoms with van der Waals surface area (Å²) in [6, 6.07) is 79.9. The van der Waals surface area contributed by atoms with Gasteiger partial charge in [-0.1, -0.05) is 176 Å². The maximum atomic E-state index is 2.53. The predicted octanol–water partition coefficient (Wildman–Crippen LogP) is 11.3. The molecule has 11 rings (SSSR count). The van der Waals surface area contributed by atoms with Crippen molar-refractivity contribution in [3.63, 3.8) is 0 Å². The molecule has 1 unspecified atom stereocenters. The molecule has 0 aromatic heterocycles. The minimum absolute atomic E-state index is 0.308. The first-order chi connectivity index (χ1) is 28.0. The Morgan fingerprint density at radius 1 is 0.386 bits per heavy atom. The molecule has 2 aliphatic rings. The van der Waals surface area contributed by atoms with Crippen molar-refractivity contribution in [1.29, 1.82) is 0 Å². The zero-order valence-electron chi connectivity index (χ0n) is 32.2. The quantitative estimate of drug-likeness (QED) is 0.153. The van der Waals surface area contributed by atoms with E-state index in [2.05, 4.69) is 231 Å². The molecule has 1 nitrogen and oxygen atoms in total. The highest BCUT2D eigenvalue weighted by atomic mass is 28.3. The van der Waals surface area contributed by atoms with E-state index in [9.17, 15) is 0 Å². The SMILES string of the molecule is Cc1cc(N(c2ccc3c(c2)C(C)(c2ccccc2)c2ccccc2-3)c2ccc3ccccc3c2)cc([Si]2(c3ccccc3)c3ccccc3-c3ccccc32)c1. The van der Waals surface area contributed by atoms with Crippen molar-refractivity contribution >= 4 is 56.7 Å². The van der Waals surface area contributed by atoms with Crippen molar-refractivity contribution in [2.24, 2.45) is 0 Å². The van der Waals surface area contributed by atoms with Gasteiger partial charge in [-0.15, -0.1) is 0 Å². The number of aryl methyl sites for hydroxylation is 1. The van der Waals surface area contributed by atoms with Crippen molar-refractivity contribution in [3.8, 4) is 22.3 Å². The molecular weight excluding hydrogens is 703 g/mol. The third kappa shape index (κ3) is 4.94. The normalized spacial score (nSPS) is 15.8. The van der Waals surface area contributed by atoms with Gasteiger partial charge in [0.15, 0.2) is 8.07 Å². The van der Waals surface area contributed by atoms with Gasteiger partial charge in [0.2, 0.25) is 0 Å². The summed E-state index contributed by atoms with van der Waals surface area (Å²) in [6.07, 6.45) is 0. The average Bonchev–Trinajstić information content (AvgIpc) is 3.71.